The average molecular weight is 183 g/mol. The van der Waals surface area contributed by atoms with Crippen LogP contribution in [-0.4, -0.2) is 18.6 Å². The van der Waals surface area contributed by atoms with Crippen LogP contribution in [0.5, 0.6) is 0 Å². The van der Waals surface area contributed by atoms with Crippen molar-refractivity contribution in [2.75, 3.05) is 18.9 Å². The van der Waals surface area contributed by atoms with E-state index in [-0.39, 0.29) is 5.82 Å². The highest BCUT2D eigenvalue weighted by Gasteiger charge is 2.03. The maximum absolute atomic E-state index is 12.8. The number of hydrogen-bond acceptors (Lipinski definition) is 3. The quantitative estimate of drug-likeness (QED) is 0.740. The third-order valence-electron chi connectivity index (χ3n) is 1.64. The molecule has 0 aliphatic heterocycles. The van der Waals surface area contributed by atoms with Crippen LogP contribution in [0.2, 0.25) is 0 Å². The second-order valence-electron chi connectivity index (χ2n) is 2.72. The first kappa shape index (κ1) is 9.92. The van der Waals surface area contributed by atoms with Crippen LogP contribution in [0, 0.1) is 5.82 Å². The van der Waals surface area contributed by atoms with E-state index in [1.807, 2.05) is 14.0 Å². The number of nitrogens with one attached hydrogen (secondary N) is 2. The predicted molar refractivity (Wildman–Crippen MR) is 51.1 cm³/mol. The molecule has 0 radical (unpaired) electrons. The number of pyridine rings is 1. The summed E-state index contributed by atoms with van der Waals surface area (Å²) in [4.78, 5) is 3.96. The van der Waals surface area contributed by atoms with E-state index in [2.05, 4.69) is 15.6 Å². The van der Waals surface area contributed by atoms with E-state index in [0.29, 0.717) is 6.54 Å². The van der Waals surface area contributed by atoms with Gasteiger partial charge in [-0.2, -0.15) is 0 Å². The van der Waals surface area contributed by atoms with Crippen molar-refractivity contribution >= 4 is 5.82 Å². The molecule has 3 nitrogen and oxygen atoms in total. The molecule has 1 aromatic rings. The smallest absolute Gasteiger partial charge is 0.141 e. The van der Waals surface area contributed by atoms with Crippen LogP contribution in [-0.2, 0) is 6.54 Å². The van der Waals surface area contributed by atoms with Gasteiger partial charge in [0.05, 0.1) is 6.20 Å². The van der Waals surface area contributed by atoms with Crippen LogP contribution >= 0.6 is 0 Å². The third-order valence-corrected chi connectivity index (χ3v) is 1.64. The highest BCUT2D eigenvalue weighted by Crippen LogP contribution is 2.12. The van der Waals surface area contributed by atoms with Gasteiger partial charge in [-0.25, -0.2) is 9.37 Å². The van der Waals surface area contributed by atoms with Crippen molar-refractivity contribution in [3.8, 4) is 0 Å². The molecular weight excluding hydrogens is 169 g/mol. The van der Waals surface area contributed by atoms with Gasteiger partial charge in [-0.05, 0) is 20.0 Å². The van der Waals surface area contributed by atoms with Crippen LogP contribution in [0.1, 0.15) is 12.5 Å². The van der Waals surface area contributed by atoms with Gasteiger partial charge in [-0.3, -0.25) is 0 Å². The van der Waals surface area contributed by atoms with E-state index in [1.165, 1.54) is 12.3 Å². The van der Waals surface area contributed by atoms with Gasteiger partial charge in [0.25, 0.3) is 0 Å². The molecule has 1 aromatic heterocycles. The number of rotatable bonds is 4. The molecule has 0 saturated heterocycles. The van der Waals surface area contributed by atoms with Crippen molar-refractivity contribution in [2.24, 2.45) is 0 Å². The molecule has 0 amide bonds. The zero-order chi connectivity index (χ0) is 9.68. The summed E-state index contributed by atoms with van der Waals surface area (Å²) in [5.74, 6) is 0.449. The first-order chi connectivity index (χ1) is 6.27. The fraction of sp³-hybridized carbons (Fsp3) is 0.444. The molecule has 0 spiro atoms. The molecule has 13 heavy (non-hydrogen) atoms. The topological polar surface area (TPSA) is 37.0 Å². The molecular formula is C9H14FN3. The Bertz CT molecular complexity index is 276. The van der Waals surface area contributed by atoms with Gasteiger partial charge in [0.1, 0.15) is 11.6 Å². The van der Waals surface area contributed by atoms with Crippen molar-refractivity contribution in [2.45, 2.75) is 13.5 Å². The van der Waals surface area contributed by atoms with E-state index in [9.17, 15) is 4.39 Å². The fourth-order valence-electron chi connectivity index (χ4n) is 1.13. The average Bonchev–Trinajstić information content (AvgIpc) is 2.10. The Hall–Kier alpha value is -1.16. The molecule has 0 unspecified atom stereocenters. The summed E-state index contributed by atoms with van der Waals surface area (Å²) in [5, 5.41) is 6.03. The molecule has 72 valence electrons. The summed E-state index contributed by atoms with van der Waals surface area (Å²) in [7, 11) is 1.82. The summed E-state index contributed by atoms with van der Waals surface area (Å²) < 4.78 is 12.8. The van der Waals surface area contributed by atoms with Crippen LogP contribution in [0.15, 0.2) is 12.3 Å². The van der Waals surface area contributed by atoms with E-state index < -0.39 is 0 Å². The zero-order valence-electron chi connectivity index (χ0n) is 7.89. The second kappa shape index (κ2) is 4.77. The Labute approximate surface area is 77.4 Å². The molecule has 0 atom stereocenters. The lowest BCUT2D eigenvalue weighted by Crippen LogP contribution is -2.10. The van der Waals surface area contributed by atoms with E-state index in [0.717, 1.165) is 17.9 Å². The molecule has 0 aliphatic carbocycles. The van der Waals surface area contributed by atoms with Crippen molar-refractivity contribution in [3.05, 3.63) is 23.6 Å². The fourth-order valence-corrected chi connectivity index (χ4v) is 1.13. The van der Waals surface area contributed by atoms with Crippen molar-refractivity contribution in [1.29, 1.82) is 0 Å². The lowest BCUT2D eigenvalue weighted by molar-refractivity contribution is 0.617. The van der Waals surface area contributed by atoms with Gasteiger partial charge < -0.3 is 10.6 Å². The van der Waals surface area contributed by atoms with Crippen LogP contribution in [0.3, 0.4) is 0 Å². The lowest BCUT2D eigenvalue weighted by atomic mass is 10.2. The Kier molecular flexibility index (Phi) is 3.64. The molecule has 1 rings (SSSR count). The van der Waals surface area contributed by atoms with Crippen LogP contribution in [0.25, 0.3) is 0 Å². The molecule has 1 heterocycles. The van der Waals surface area contributed by atoms with Crippen molar-refractivity contribution < 1.29 is 4.39 Å². The highest BCUT2D eigenvalue weighted by molar-refractivity contribution is 5.43. The number of aromatic nitrogens is 1. The van der Waals surface area contributed by atoms with E-state index >= 15 is 0 Å². The Balaban J connectivity index is 2.89. The molecule has 0 saturated carbocycles. The Morgan fingerprint density at radius 2 is 2.31 bits per heavy atom. The van der Waals surface area contributed by atoms with Crippen molar-refractivity contribution in [1.82, 2.24) is 10.3 Å². The molecule has 0 aliphatic rings. The summed E-state index contributed by atoms with van der Waals surface area (Å²) in [6.45, 7) is 3.39. The Morgan fingerprint density at radius 3 is 2.92 bits per heavy atom. The number of nitrogens with zero attached hydrogens (tertiary/aromatic N) is 1. The number of anilines is 1. The SMILES string of the molecule is CCNc1ncc(F)cc1CNC. The monoisotopic (exact) mass is 183 g/mol. The highest BCUT2D eigenvalue weighted by atomic mass is 19.1. The predicted octanol–water partition coefficient (Wildman–Crippen LogP) is 1.37. The molecule has 0 fully saturated rings. The van der Waals surface area contributed by atoms with E-state index in [1.54, 1.807) is 0 Å². The minimum absolute atomic E-state index is 0.299. The number of halogens is 1. The Morgan fingerprint density at radius 1 is 1.54 bits per heavy atom. The van der Waals surface area contributed by atoms with Gasteiger partial charge >= 0.3 is 0 Å². The summed E-state index contributed by atoms with van der Waals surface area (Å²) in [6, 6.07) is 1.49. The van der Waals surface area contributed by atoms with Gasteiger partial charge in [0, 0.05) is 18.7 Å². The van der Waals surface area contributed by atoms with Crippen LogP contribution in [0.4, 0.5) is 10.2 Å². The molecule has 0 aromatic carbocycles. The van der Waals surface area contributed by atoms with Gasteiger partial charge in [0.15, 0.2) is 0 Å². The van der Waals surface area contributed by atoms with Gasteiger partial charge in [0.2, 0.25) is 0 Å². The van der Waals surface area contributed by atoms with Gasteiger partial charge in [-0.15, -0.1) is 0 Å². The minimum Gasteiger partial charge on any atom is -0.370 e. The summed E-state index contributed by atoms with van der Waals surface area (Å²) in [6.07, 6.45) is 1.22. The molecule has 2 N–H and O–H groups in total. The zero-order valence-corrected chi connectivity index (χ0v) is 7.89. The number of hydrogen-bond donors (Lipinski definition) is 2. The van der Waals surface area contributed by atoms with E-state index in [4.69, 9.17) is 0 Å². The first-order valence-electron chi connectivity index (χ1n) is 4.30. The molecule has 4 heteroatoms. The first-order valence-corrected chi connectivity index (χ1v) is 4.30. The third kappa shape index (κ3) is 2.66. The summed E-state index contributed by atoms with van der Waals surface area (Å²) >= 11 is 0. The van der Waals surface area contributed by atoms with Crippen molar-refractivity contribution in [3.63, 3.8) is 0 Å². The summed E-state index contributed by atoms with van der Waals surface area (Å²) in [5.41, 5.74) is 0.851. The maximum atomic E-state index is 12.8. The van der Waals surface area contributed by atoms with Crippen LogP contribution < -0.4 is 10.6 Å². The second-order valence-corrected chi connectivity index (χ2v) is 2.72. The molecule has 0 bridgehead atoms. The minimum atomic E-state index is -0.299. The standard InChI is InChI=1S/C9H14FN3/c1-3-12-9-7(5-11-2)4-8(10)6-13-9/h4,6,11H,3,5H2,1-2H3,(H,12,13). The normalized spacial score (nSPS) is 10.1. The largest absolute Gasteiger partial charge is 0.370 e. The van der Waals surface area contributed by atoms with Gasteiger partial charge in [-0.1, -0.05) is 0 Å². The maximum Gasteiger partial charge on any atom is 0.141 e. The lowest BCUT2D eigenvalue weighted by Gasteiger charge is -2.08.